The van der Waals surface area contributed by atoms with E-state index in [1.54, 1.807) is 12.3 Å². The fourth-order valence-corrected chi connectivity index (χ4v) is 4.82. The van der Waals surface area contributed by atoms with Crippen molar-refractivity contribution >= 4 is 17.7 Å². The van der Waals surface area contributed by atoms with Gasteiger partial charge in [0, 0.05) is 43.7 Å². The van der Waals surface area contributed by atoms with Crippen molar-refractivity contribution < 1.29 is 4.79 Å². The lowest BCUT2D eigenvalue weighted by Gasteiger charge is -2.49. The summed E-state index contributed by atoms with van der Waals surface area (Å²) in [6, 6.07) is 2.21. The average Bonchev–Trinajstić information content (AvgIpc) is 3.12. The van der Waals surface area contributed by atoms with E-state index in [1.165, 1.54) is 32.1 Å². The summed E-state index contributed by atoms with van der Waals surface area (Å²) in [5.74, 6) is 1.62. The van der Waals surface area contributed by atoms with E-state index in [0.717, 1.165) is 38.4 Å². The van der Waals surface area contributed by atoms with Crippen LogP contribution >= 0.6 is 0 Å². The molecule has 4 rings (SSSR count). The van der Waals surface area contributed by atoms with Gasteiger partial charge < -0.3 is 15.5 Å². The zero-order valence-electron chi connectivity index (χ0n) is 14.3. The summed E-state index contributed by atoms with van der Waals surface area (Å²) >= 11 is 0. The monoisotopic (exact) mass is 329 g/mol. The summed E-state index contributed by atoms with van der Waals surface area (Å²) in [6.07, 6.45) is 10.7. The molecule has 2 aliphatic heterocycles. The van der Waals surface area contributed by atoms with E-state index in [4.69, 9.17) is 5.73 Å². The predicted molar refractivity (Wildman–Crippen MR) is 93.5 cm³/mol. The number of carbonyl (C=O) groups is 1. The molecule has 3 heterocycles. The van der Waals surface area contributed by atoms with Gasteiger partial charge in [0.05, 0.1) is 0 Å². The molecule has 3 fully saturated rings. The minimum absolute atomic E-state index is 0.197. The van der Waals surface area contributed by atoms with Gasteiger partial charge in [0.25, 0.3) is 0 Å². The zero-order valence-corrected chi connectivity index (χ0v) is 14.3. The molecule has 6 heteroatoms. The molecular weight excluding hydrogens is 302 g/mol. The average molecular weight is 329 g/mol. The van der Waals surface area contributed by atoms with Crippen LogP contribution in [-0.2, 0) is 4.79 Å². The number of nitrogens with two attached hydrogens (primary N) is 1. The summed E-state index contributed by atoms with van der Waals surface area (Å²) in [4.78, 5) is 25.8. The van der Waals surface area contributed by atoms with Crippen LogP contribution in [0.25, 0.3) is 0 Å². The number of piperidine rings is 2. The number of anilines is 2. The van der Waals surface area contributed by atoms with Crippen LogP contribution in [0.2, 0.25) is 0 Å². The fourth-order valence-electron chi connectivity index (χ4n) is 4.82. The number of nitrogen functional groups attached to an aromatic ring is 1. The van der Waals surface area contributed by atoms with Gasteiger partial charge in [-0.25, -0.2) is 4.98 Å². The lowest BCUT2D eigenvalue weighted by Crippen LogP contribution is -2.56. The first-order valence-electron chi connectivity index (χ1n) is 9.28. The Morgan fingerprint density at radius 1 is 1.17 bits per heavy atom. The Morgan fingerprint density at radius 2 is 2.00 bits per heavy atom. The number of aromatic nitrogens is 2. The van der Waals surface area contributed by atoms with Crippen LogP contribution < -0.4 is 10.6 Å². The van der Waals surface area contributed by atoms with Crippen molar-refractivity contribution in [2.45, 2.75) is 57.4 Å². The van der Waals surface area contributed by atoms with Crippen LogP contribution in [0.1, 0.15) is 51.4 Å². The van der Waals surface area contributed by atoms with E-state index in [9.17, 15) is 4.79 Å². The van der Waals surface area contributed by atoms with E-state index < -0.39 is 0 Å². The topological polar surface area (TPSA) is 75.3 Å². The Balaban J connectivity index is 1.52. The van der Waals surface area contributed by atoms with Crippen LogP contribution in [-0.4, -0.2) is 46.5 Å². The third-order valence-corrected chi connectivity index (χ3v) is 6.07. The molecule has 1 amide bonds. The number of hydrogen-bond acceptors (Lipinski definition) is 5. The molecule has 6 nitrogen and oxygen atoms in total. The number of rotatable bonds is 2. The smallest absolute Gasteiger partial charge is 0.227 e. The van der Waals surface area contributed by atoms with Gasteiger partial charge in [0.2, 0.25) is 11.9 Å². The van der Waals surface area contributed by atoms with E-state index in [-0.39, 0.29) is 5.41 Å². The molecule has 0 bridgehead atoms. The van der Waals surface area contributed by atoms with Gasteiger partial charge in [-0.05, 0) is 38.2 Å². The molecule has 0 radical (unpaired) electrons. The Hall–Kier alpha value is -1.85. The summed E-state index contributed by atoms with van der Waals surface area (Å²) in [5, 5.41) is 0. The lowest BCUT2D eigenvalue weighted by atomic mass is 9.73. The van der Waals surface area contributed by atoms with E-state index in [1.807, 2.05) is 0 Å². The molecule has 2 saturated heterocycles. The van der Waals surface area contributed by atoms with Crippen molar-refractivity contribution in [2.75, 3.05) is 30.3 Å². The second-order valence-corrected chi connectivity index (χ2v) is 7.77. The van der Waals surface area contributed by atoms with E-state index in [2.05, 4.69) is 19.8 Å². The van der Waals surface area contributed by atoms with Gasteiger partial charge in [-0.3, -0.25) is 4.79 Å². The fraction of sp³-hybridized carbons (Fsp3) is 0.722. The molecule has 24 heavy (non-hydrogen) atoms. The maximum atomic E-state index is 12.5. The van der Waals surface area contributed by atoms with E-state index >= 15 is 0 Å². The van der Waals surface area contributed by atoms with Crippen molar-refractivity contribution in [3.05, 3.63) is 12.3 Å². The molecule has 0 unspecified atom stereocenters. The quantitative estimate of drug-likeness (QED) is 0.900. The highest BCUT2D eigenvalue weighted by Crippen LogP contribution is 2.41. The van der Waals surface area contributed by atoms with Crippen LogP contribution in [0.5, 0.6) is 0 Å². The molecule has 1 atom stereocenters. The summed E-state index contributed by atoms with van der Waals surface area (Å²) < 4.78 is 0. The first kappa shape index (κ1) is 15.7. The third-order valence-electron chi connectivity index (χ3n) is 6.07. The molecular formula is C18H27N5O. The second-order valence-electron chi connectivity index (χ2n) is 7.77. The number of carbonyl (C=O) groups excluding carboxylic acids is 1. The number of nitrogens with zero attached hydrogens (tertiary/aromatic N) is 4. The van der Waals surface area contributed by atoms with Gasteiger partial charge in [-0.15, -0.1) is 0 Å². The van der Waals surface area contributed by atoms with Crippen molar-refractivity contribution in [3.8, 4) is 0 Å². The first-order valence-corrected chi connectivity index (χ1v) is 9.28. The number of likely N-dealkylation sites (tertiary alicyclic amines) is 1. The van der Waals surface area contributed by atoms with Gasteiger partial charge in [-0.1, -0.05) is 12.8 Å². The number of amides is 1. The Morgan fingerprint density at radius 3 is 2.79 bits per heavy atom. The van der Waals surface area contributed by atoms with Gasteiger partial charge in [0.1, 0.15) is 5.82 Å². The highest BCUT2D eigenvalue weighted by molar-refractivity contribution is 5.77. The molecule has 1 aromatic rings. The summed E-state index contributed by atoms with van der Waals surface area (Å²) in [5.41, 5.74) is 6.02. The predicted octanol–water partition coefficient (Wildman–Crippen LogP) is 2.21. The summed E-state index contributed by atoms with van der Waals surface area (Å²) in [6.45, 7) is 2.82. The second kappa shape index (κ2) is 6.22. The molecule has 2 N–H and O–H groups in total. The van der Waals surface area contributed by atoms with Crippen molar-refractivity contribution in [1.29, 1.82) is 0 Å². The van der Waals surface area contributed by atoms with Crippen molar-refractivity contribution in [2.24, 2.45) is 5.41 Å². The van der Waals surface area contributed by atoms with Gasteiger partial charge >= 0.3 is 0 Å². The minimum Gasteiger partial charge on any atom is -0.384 e. The first-order chi connectivity index (χ1) is 11.7. The lowest BCUT2D eigenvalue weighted by molar-refractivity contribution is -0.140. The SMILES string of the molecule is Nc1ccnc(N2CCC[C@@]3(CCC(=O)N(C4CCCC4)C3)C2)n1. The molecule has 3 aliphatic rings. The molecule has 1 aromatic heterocycles. The van der Waals surface area contributed by atoms with Gasteiger partial charge in [-0.2, -0.15) is 4.98 Å². The van der Waals surface area contributed by atoms with Crippen LogP contribution in [0.4, 0.5) is 11.8 Å². The molecule has 1 spiro atoms. The molecule has 1 aliphatic carbocycles. The third kappa shape index (κ3) is 2.94. The maximum Gasteiger partial charge on any atom is 0.227 e. The Bertz CT molecular complexity index is 615. The Kier molecular flexibility index (Phi) is 4.06. The van der Waals surface area contributed by atoms with E-state index in [0.29, 0.717) is 24.2 Å². The van der Waals surface area contributed by atoms with Crippen LogP contribution in [0.3, 0.4) is 0 Å². The van der Waals surface area contributed by atoms with Gasteiger partial charge in [0.15, 0.2) is 0 Å². The minimum atomic E-state index is 0.197. The standard InChI is InChI=1S/C18H27N5O/c19-15-7-10-20-17(21-15)22-11-3-8-18(12-22)9-6-16(24)23(13-18)14-4-1-2-5-14/h7,10,14H,1-6,8-9,11-13H2,(H2,19,20,21)/t18-/m1/s1. The summed E-state index contributed by atoms with van der Waals surface area (Å²) in [7, 11) is 0. The largest absolute Gasteiger partial charge is 0.384 e. The molecule has 1 saturated carbocycles. The Labute approximate surface area is 143 Å². The zero-order chi connectivity index (χ0) is 16.6. The maximum absolute atomic E-state index is 12.5. The van der Waals surface area contributed by atoms with Crippen molar-refractivity contribution in [1.82, 2.24) is 14.9 Å². The number of hydrogen-bond donors (Lipinski definition) is 1. The molecule has 0 aromatic carbocycles. The highest BCUT2D eigenvalue weighted by atomic mass is 16.2. The highest BCUT2D eigenvalue weighted by Gasteiger charge is 2.44. The van der Waals surface area contributed by atoms with Crippen LogP contribution in [0, 0.1) is 5.41 Å². The van der Waals surface area contributed by atoms with Crippen molar-refractivity contribution in [3.63, 3.8) is 0 Å². The molecule has 130 valence electrons. The van der Waals surface area contributed by atoms with Crippen LogP contribution in [0.15, 0.2) is 12.3 Å². The normalized spacial score (nSPS) is 28.8.